The molecule has 1 fully saturated rings. The zero-order chi connectivity index (χ0) is 18.4. The van der Waals surface area contributed by atoms with Crippen LogP contribution in [0.2, 0.25) is 0 Å². The van der Waals surface area contributed by atoms with Gasteiger partial charge in [0.25, 0.3) is 5.91 Å². The largest absolute Gasteiger partial charge is 0.376 e. The summed E-state index contributed by atoms with van der Waals surface area (Å²) in [6, 6.07) is 8.49. The van der Waals surface area contributed by atoms with Gasteiger partial charge in [-0.3, -0.25) is 4.79 Å². The minimum atomic E-state index is -0.00728. The Kier molecular flexibility index (Phi) is 8.70. The van der Waals surface area contributed by atoms with Gasteiger partial charge in [-0.2, -0.15) is 0 Å². The molecule has 1 saturated heterocycles. The number of ether oxygens (including phenoxy) is 1. The fourth-order valence-electron chi connectivity index (χ4n) is 3.14. The number of hydrogen-bond acceptors (Lipinski definition) is 5. The van der Waals surface area contributed by atoms with Crippen LogP contribution in [0.1, 0.15) is 39.5 Å². The van der Waals surface area contributed by atoms with Crippen molar-refractivity contribution >= 4 is 29.7 Å². The van der Waals surface area contributed by atoms with Crippen molar-refractivity contribution in [2.45, 2.75) is 38.7 Å². The minimum Gasteiger partial charge on any atom is -0.376 e. The molecule has 2 heterocycles. The maximum atomic E-state index is 13.0. The SMILES string of the molecule is Cc1ccc(CCN(CC2CCCO2)C(=O)c2csc(CCN)n2)cc1.Cl. The summed E-state index contributed by atoms with van der Waals surface area (Å²) in [6.45, 7) is 4.73. The number of halogens is 1. The van der Waals surface area contributed by atoms with Crippen LogP contribution >= 0.6 is 23.7 Å². The third-order valence-corrected chi connectivity index (χ3v) is 5.56. The highest BCUT2D eigenvalue weighted by Crippen LogP contribution is 2.17. The smallest absolute Gasteiger partial charge is 0.273 e. The topological polar surface area (TPSA) is 68.5 Å². The predicted molar refractivity (Wildman–Crippen MR) is 112 cm³/mol. The number of thiazole rings is 1. The molecule has 27 heavy (non-hydrogen) atoms. The molecule has 0 aliphatic carbocycles. The Morgan fingerprint density at radius 1 is 1.33 bits per heavy atom. The van der Waals surface area contributed by atoms with E-state index in [4.69, 9.17) is 10.5 Å². The van der Waals surface area contributed by atoms with Crippen LogP contribution < -0.4 is 5.73 Å². The van der Waals surface area contributed by atoms with E-state index in [0.29, 0.717) is 31.7 Å². The molecule has 2 aromatic rings. The van der Waals surface area contributed by atoms with Gasteiger partial charge in [0.1, 0.15) is 5.69 Å². The molecule has 0 radical (unpaired) electrons. The average Bonchev–Trinajstić information content (AvgIpc) is 3.32. The summed E-state index contributed by atoms with van der Waals surface area (Å²) in [5.41, 5.74) is 8.61. The number of hydrogen-bond donors (Lipinski definition) is 1. The summed E-state index contributed by atoms with van der Waals surface area (Å²) in [4.78, 5) is 19.4. The predicted octanol–water partition coefficient (Wildman–Crippen LogP) is 3.24. The first-order valence-corrected chi connectivity index (χ1v) is 10.1. The van der Waals surface area contributed by atoms with E-state index in [-0.39, 0.29) is 24.4 Å². The van der Waals surface area contributed by atoms with E-state index in [1.165, 1.54) is 22.5 Å². The van der Waals surface area contributed by atoms with E-state index in [2.05, 4.69) is 36.2 Å². The van der Waals surface area contributed by atoms with Crippen molar-refractivity contribution in [1.82, 2.24) is 9.88 Å². The molecule has 0 bridgehead atoms. The van der Waals surface area contributed by atoms with E-state index in [1.807, 2.05) is 10.3 Å². The third-order valence-electron chi connectivity index (χ3n) is 4.66. The number of amides is 1. The molecule has 1 aromatic carbocycles. The van der Waals surface area contributed by atoms with Gasteiger partial charge in [0.05, 0.1) is 11.1 Å². The van der Waals surface area contributed by atoms with E-state index >= 15 is 0 Å². The van der Waals surface area contributed by atoms with Gasteiger partial charge in [0.2, 0.25) is 0 Å². The normalized spacial score (nSPS) is 16.1. The van der Waals surface area contributed by atoms with Gasteiger partial charge >= 0.3 is 0 Å². The fourth-order valence-corrected chi connectivity index (χ4v) is 3.93. The molecule has 2 N–H and O–H groups in total. The lowest BCUT2D eigenvalue weighted by atomic mass is 10.1. The Balaban J connectivity index is 0.00000261. The summed E-state index contributed by atoms with van der Waals surface area (Å²) in [7, 11) is 0. The number of rotatable bonds is 8. The standard InChI is InChI=1S/C20H27N3O2S.ClH/c1-15-4-6-16(7-5-15)9-11-23(13-17-3-2-12-25-17)20(24)18-14-26-19(22-18)8-10-21;/h4-7,14,17H,2-3,8-13,21H2,1H3;1H. The first kappa shape index (κ1) is 21.8. The van der Waals surface area contributed by atoms with E-state index in [9.17, 15) is 4.79 Å². The van der Waals surface area contributed by atoms with Gasteiger partial charge in [-0.15, -0.1) is 23.7 Å². The molecule has 1 atom stereocenters. The number of nitrogens with two attached hydrogens (primary N) is 1. The summed E-state index contributed by atoms with van der Waals surface area (Å²) in [5, 5.41) is 2.77. The van der Waals surface area contributed by atoms with Gasteiger partial charge in [-0.1, -0.05) is 29.8 Å². The molecular weight excluding hydrogens is 382 g/mol. The molecule has 5 nitrogen and oxygen atoms in total. The van der Waals surface area contributed by atoms with Crippen molar-refractivity contribution in [2.24, 2.45) is 5.73 Å². The Labute approximate surface area is 171 Å². The lowest BCUT2D eigenvalue weighted by Crippen LogP contribution is -2.39. The number of aromatic nitrogens is 1. The maximum absolute atomic E-state index is 13.0. The van der Waals surface area contributed by atoms with Crippen LogP contribution in [-0.4, -0.2) is 48.1 Å². The van der Waals surface area contributed by atoms with Crippen LogP contribution in [-0.2, 0) is 17.6 Å². The number of carbonyl (C=O) groups is 1. The number of carbonyl (C=O) groups excluding carboxylic acids is 1. The van der Waals surface area contributed by atoms with Gasteiger partial charge in [-0.05, 0) is 38.3 Å². The third kappa shape index (κ3) is 6.28. The van der Waals surface area contributed by atoms with Crippen LogP contribution in [0, 0.1) is 6.92 Å². The van der Waals surface area contributed by atoms with Crippen molar-refractivity contribution < 1.29 is 9.53 Å². The molecule has 0 spiro atoms. The molecule has 0 saturated carbocycles. The van der Waals surface area contributed by atoms with E-state index < -0.39 is 0 Å². The van der Waals surface area contributed by atoms with Crippen molar-refractivity contribution in [3.05, 3.63) is 51.5 Å². The Morgan fingerprint density at radius 3 is 2.78 bits per heavy atom. The fraction of sp³-hybridized carbons (Fsp3) is 0.500. The van der Waals surface area contributed by atoms with Crippen LogP contribution in [0.3, 0.4) is 0 Å². The van der Waals surface area contributed by atoms with Gasteiger partial charge in [0, 0.05) is 31.5 Å². The Hall–Kier alpha value is -1.47. The monoisotopic (exact) mass is 409 g/mol. The van der Waals surface area contributed by atoms with Crippen LogP contribution in [0.4, 0.5) is 0 Å². The van der Waals surface area contributed by atoms with Crippen molar-refractivity contribution in [2.75, 3.05) is 26.2 Å². The Bertz CT molecular complexity index is 714. The number of benzene rings is 1. The molecule has 148 valence electrons. The maximum Gasteiger partial charge on any atom is 0.273 e. The molecule has 1 aromatic heterocycles. The number of aryl methyl sites for hydroxylation is 1. The van der Waals surface area contributed by atoms with Gasteiger partial charge < -0.3 is 15.4 Å². The van der Waals surface area contributed by atoms with Crippen LogP contribution in [0.25, 0.3) is 0 Å². The lowest BCUT2D eigenvalue weighted by molar-refractivity contribution is 0.0525. The number of nitrogens with zero attached hydrogens (tertiary/aromatic N) is 2. The summed E-state index contributed by atoms with van der Waals surface area (Å²) in [6.07, 6.45) is 3.77. The second-order valence-electron chi connectivity index (χ2n) is 6.79. The highest BCUT2D eigenvalue weighted by atomic mass is 35.5. The zero-order valence-corrected chi connectivity index (χ0v) is 17.4. The first-order valence-electron chi connectivity index (χ1n) is 9.26. The van der Waals surface area contributed by atoms with Crippen LogP contribution in [0.15, 0.2) is 29.6 Å². The van der Waals surface area contributed by atoms with Crippen molar-refractivity contribution in [3.63, 3.8) is 0 Å². The second kappa shape index (κ2) is 10.8. The molecule has 1 aliphatic heterocycles. The molecule has 1 unspecified atom stereocenters. The summed E-state index contributed by atoms with van der Waals surface area (Å²) in [5.74, 6) is -0.00728. The molecule has 1 amide bonds. The molecule has 7 heteroatoms. The Morgan fingerprint density at radius 2 is 2.11 bits per heavy atom. The molecular formula is C20H28ClN3O2S. The summed E-state index contributed by atoms with van der Waals surface area (Å²) < 4.78 is 5.75. The lowest BCUT2D eigenvalue weighted by Gasteiger charge is -2.25. The van der Waals surface area contributed by atoms with E-state index in [0.717, 1.165) is 30.9 Å². The minimum absolute atomic E-state index is 0. The molecule has 3 rings (SSSR count). The quantitative estimate of drug-likeness (QED) is 0.726. The van der Waals surface area contributed by atoms with Crippen molar-refractivity contribution in [1.29, 1.82) is 0 Å². The zero-order valence-electron chi connectivity index (χ0n) is 15.7. The van der Waals surface area contributed by atoms with Crippen LogP contribution in [0.5, 0.6) is 0 Å². The van der Waals surface area contributed by atoms with Gasteiger partial charge in [0.15, 0.2) is 0 Å². The highest BCUT2D eigenvalue weighted by molar-refractivity contribution is 7.09. The van der Waals surface area contributed by atoms with Crippen molar-refractivity contribution in [3.8, 4) is 0 Å². The first-order chi connectivity index (χ1) is 12.7. The second-order valence-corrected chi connectivity index (χ2v) is 7.73. The van der Waals surface area contributed by atoms with E-state index in [1.54, 1.807) is 0 Å². The van der Waals surface area contributed by atoms with Gasteiger partial charge in [-0.25, -0.2) is 4.98 Å². The summed E-state index contributed by atoms with van der Waals surface area (Å²) >= 11 is 1.51. The average molecular weight is 410 g/mol. The highest BCUT2D eigenvalue weighted by Gasteiger charge is 2.24. The molecule has 1 aliphatic rings.